The highest BCUT2D eigenvalue weighted by Gasteiger charge is 2.20. The van der Waals surface area contributed by atoms with Gasteiger partial charge >= 0.3 is 0 Å². The van der Waals surface area contributed by atoms with Crippen LogP contribution in [0.2, 0.25) is 0 Å². The molecule has 0 saturated carbocycles. The first-order chi connectivity index (χ1) is 14.7. The van der Waals surface area contributed by atoms with Gasteiger partial charge in [0, 0.05) is 75.4 Å². The average molecular weight is 429 g/mol. The lowest BCUT2D eigenvalue weighted by Gasteiger charge is -2.36. The molecule has 0 atom stereocenters. The van der Waals surface area contributed by atoms with Crippen molar-refractivity contribution < 1.29 is 4.79 Å². The first kappa shape index (κ1) is 22.1. The molecule has 1 aliphatic rings. The maximum absolute atomic E-state index is 12.6. The quantitative estimate of drug-likeness (QED) is 0.499. The largest absolute Gasteiger partial charge is 0.368 e. The number of thiazole rings is 1. The summed E-state index contributed by atoms with van der Waals surface area (Å²) in [5.41, 5.74) is 1.23. The second-order valence-electron chi connectivity index (χ2n) is 7.26. The van der Waals surface area contributed by atoms with Gasteiger partial charge in [-0.05, 0) is 26.0 Å². The van der Waals surface area contributed by atoms with Crippen LogP contribution in [0, 0.1) is 6.92 Å². The van der Waals surface area contributed by atoms with Crippen LogP contribution in [0.5, 0.6) is 0 Å². The third-order valence-electron chi connectivity index (χ3n) is 4.99. The van der Waals surface area contributed by atoms with E-state index in [4.69, 9.17) is 0 Å². The van der Waals surface area contributed by atoms with Crippen molar-refractivity contribution in [2.75, 3.05) is 50.7 Å². The fourth-order valence-electron chi connectivity index (χ4n) is 3.42. The van der Waals surface area contributed by atoms with Gasteiger partial charge in [0.05, 0.1) is 5.01 Å². The minimum Gasteiger partial charge on any atom is -0.368 e. The van der Waals surface area contributed by atoms with Crippen LogP contribution in [0.15, 0.2) is 41.5 Å². The molecule has 1 amide bonds. The molecule has 1 aromatic heterocycles. The van der Waals surface area contributed by atoms with Crippen LogP contribution in [0.4, 0.5) is 5.69 Å². The predicted molar refractivity (Wildman–Crippen MR) is 124 cm³/mol. The van der Waals surface area contributed by atoms with Gasteiger partial charge < -0.3 is 20.4 Å². The SMILES string of the molecule is CCNC(=NCCc1ncc(C)s1)NCCC(=O)N1CCN(c2ccccc2)CC1. The van der Waals surface area contributed by atoms with E-state index >= 15 is 0 Å². The lowest BCUT2D eigenvalue weighted by atomic mass is 10.2. The van der Waals surface area contributed by atoms with Gasteiger partial charge in [0.1, 0.15) is 0 Å². The molecule has 0 radical (unpaired) electrons. The van der Waals surface area contributed by atoms with E-state index in [0.717, 1.165) is 50.1 Å². The van der Waals surface area contributed by atoms with Crippen molar-refractivity contribution in [3.05, 3.63) is 46.4 Å². The summed E-state index contributed by atoms with van der Waals surface area (Å²) in [5.74, 6) is 0.955. The minimum atomic E-state index is 0.198. The summed E-state index contributed by atoms with van der Waals surface area (Å²) < 4.78 is 0. The molecule has 162 valence electrons. The molecule has 1 fully saturated rings. The molecule has 2 N–H and O–H groups in total. The van der Waals surface area contributed by atoms with Gasteiger partial charge in [0.15, 0.2) is 5.96 Å². The molecule has 2 aromatic rings. The maximum Gasteiger partial charge on any atom is 0.224 e. The molecule has 1 aromatic carbocycles. The van der Waals surface area contributed by atoms with E-state index < -0.39 is 0 Å². The van der Waals surface area contributed by atoms with E-state index in [-0.39, 0.29) is 5.91 Å². The number of anilines is 1. The van der Waals surface area contributed by atoms with Gasteiger partial charge in [-0.3, -0.25) is 9.79 Å². The predicted octanol–water partition coefficient (Wildman–Crippen LogP) is 2.29. The Morgan fingerprint density at radius 1 is 1.17 bits per heavy atom. The van der Waals surface area contributed by atoms with E-state index in [1.54, 1.807) is 11.3 Å². The van der Waals surface area contributed by atoms with Crippen LogP contribution in [0.3, 0.4) is 0 Å². The van der Waals surface area contributed by atoms with Crippen LogP contribution in [-0.4, -0.2) is 67.6 Å². The fraction of sp³-hybridized carbons (Fsp3) is 0.500. The molecule has 7 nitrogen and oxygen atoms in total. The van der Waals surface area contributed by atoms with Gasteiger partial charge in [-0.1, -0.05) is 18.2 Å². The standard InChI is InChI=1S/C22H32N6OS/c1-3-23-22(24-11-9-20-26-17-18(2)30-20)25-12-10-21(29)28-15-13-27(14-16-28)19-7-5-4-6-8-19/h4-8,17H,3,9-16H2,1-2H3,(H2,23,24,25). The lowest BCUT2D eigenvalue weighted by molar-refractivity contribution is -0.131. The van der Waals surface area contributed by atoms with Gasteiger partial charge in [0.25, 0.3) is 0 Å². The second-order valence-corrected chi connectivity index (χ2v) is 8.57. The van der Waals surface area contributed by atoms with Crippen molar-refractivity contribution in [2.45, 2.75) is 26.7 Å². The van der Waals surface area contributed by atoms with Crippen molar-refractivity contribution in [1.82, 2.24) is 20.5 Å². The van der Waals surface area contributed by atoms with Crippen molar-refractivity contribution in [3.63, 3.8) is 0 Å². The van der Waals surface area contributed by atoms with E-state index in [0.29, 0.717) is 19.5 Å². The molecule has 0 unspecified atom stereocenters. The lowest BCUT2D eigenvalue weighted by Crippen LogP contribution is -2.49. The number of hydrogen-bond donors (Lipinski definition) is 2. The topological polar surface area (TPSA) is 72.9 Å². The molecule has 0 bridgehead atoms. The number of aromatic nitrogens is 1. The number of hydrogen-bond acceptors (Lipinski definition) is 5. The number of aliphatic imine (C=N–C) groups is 1. The highest BCUT2D eigenvalue weighted by molar-refractivity contribution is 7.11. The summed E-state index contributed by atoms with van der Waals surface area (Å²) >= 11 is 1.71. The fourth-order valence-corrected chi connectivity index (χ4v) is 4.20. The summed E-state index contributed by atoms with van der Waals surface area (Å²) in [5, 5.41) is 7.63. The monoisotopic (exact) mass is 428 g/mol. The minimum absolute atomic E-state index is 0.198. The second kappa shape index (κ2) is 11.5. The number of piperazine rings is 1. The van der Waals surface area contributed by atoms with Gasteiger partial charge in [-0.25, -0.2) is 4.98 Å². The Bertz CT molecular complexity index is 814. The van der Waals surface area contributed by atoms with Gasteiger partial charge in [-0.2, -0.15) is 0 Å². The van der Waals surface area contributed by atoms with Crippen LogP contribution >= 0.6 is 11.3 Å². The van der Waals surface area contributed by atoms with E-state index in [9.17, 15) is 4.79 Å². The summed E-state index contributed by atoms with van der Waals surface area (Å²) in [6.45, 7) is 9.46. The zero-order valence-electron chi connectivity index (χ0n) is 17.9. The van der Waals surface area contributed by atoms with Crippen molar-refractivity contribution >= 4 is 28.9 Å². The summed E-state index contributed by atoms with van der Waals surface area (Å²) in [4.78, 5) is 27.1. The van der Waals surface area contributed by atoms with E-state index in [1.807, 2.05) is 24.1 Å². The third kappa shape index (κ3) is 6.73. The third-order valence-corrected chi connectivity index (χ3v) is 5.97. The van der Waals surface area contributed by atoms with E-state index in [2.05, 4.69) is 56.7 Å². The summed E-state index contributed by atoms with van der Waals surface area (Å²) in [7, 11) is 0. The number of carbonyl (C=O) groups is 1. The number of rotatable bonds is 8. The zero-order valence-corrected chi connectivity index (χ0v) is 18.7. The number of para-hydroxylation sites is 1. The van der Waals surface area contributed by atoms with E-state index in [1.165, 1.54) is 10.6 Å². The molecule has 0 aliphatic carbocycles. The first-order valence-corrected chi connectivity index (χ1v) is 11.5. The van der Waals surface area contributed by atoms with Crippen molar-refractivity contribution in [3.8, 4) is 0 Å². The molecule has 0 spiro atoms. The molecular weight excluding hydrogens is 396 g/mol. The van der Waals surface area contributed by atoms with Crippen LogP contribution < -0.4 is 15.5 Å². The Hall–Kier alpha value is -2.61. The smallest absolute Gasteiger partial charge is 0.224 e. The molecule has 1 saturated heterocycles. The van der Waals surface area contributed by atoms with Crippen molar-refractivity contribution in [1.29, 1.82) is 0 Å². The average Bonchev–Trinajstić information content (AvgIpc) is 3.19. The number of nitrogens with zero attached hydrogens (tertiary/aromatic N) is 4. The first-order valence-electron chi connectivity index (χ1n) is 10.7. The Labute approximate surface area is 183 Å². The highest BCUT2D eigenvalue weighted by Crippen LogP contribution is 2.15. The number of aryl methyl sites for hydroxylation is 1. The normalized spacial score (nSPS) is 14.7. The van der Waals surface area contributed by atoms with Crippen LogP contribution in [-0.2, 0) is 11.2 Å². The molecule has 3 rings (SSSR count). The zero-order chi connectivity index (χ0) is 21.2. The van der Waals surface area contributed by atoms with Gasteiger partial charge in [0.2, 0.25) is 5.91 Å². The maximum atomic E-state index is 12.6. The summed E-state index contributed by atoms with van der Waals surface area (Å²) in [6, 6.07) is 10.4. The Morgan fingerprint density at radius 2 is 1.93 bits per heavy atom. The number of nitrogens with one attached hydrogen (secondary N) is 2. The van der Waals surface area contributed by atoms with Crippen LogP contribution in [0.25, 0.3) is 0 Å². The molecular formula is C22H32N6OS. The Balaban J connectivity index is 1.38. The number of guanidine groups is 1. The van der Waals surface area contributed by atoms with Crippen molar-refractivity contribution in [2.24, 2.45) is 4.99 Å². The molecule has 1 aliphatic heterocycles. The molecule has 2 heterocycles. The Kier molecular flexibility index (Phi) is 8.50. The Morgan fingerprint density at radius 3 is 2.60 bits per heavy atom. The van der Waals surface area contributed by atoms with Crippen LogP contribution in [0.1, 0.15) is 23.2 Å². The van der Waals surface area contributed by atoms with Gasteiger partial charge in [-0.15, -0.1) is 11.3 Å². The number of benzene rings is 1. The molecule has 30 heavy (non-hydrogen) atoms. The summed E-state index contributed by atoms with van der Waals surface area (Å²) in [6.07, 6.45) is 3.21. The number of carbonyl (C=O) groups excluding carboxylic acids is 1. The molecule has 8 heteroatoms. The highest BCUT2D eigenvalue weighted by atomic mass is 32.1. The number of amides is 1.